The van der Waals surface area contributed by atoms with Crippen LogP contribution in [0.5, 0.6) is 0 Å². The molecule has 0 radical (unpaired) electrons. The molecule has 1 fully saturated rings. The number of aromatic nitrogens is 3. The number of hydrogen-bond donors (Lipinski definition) is 2. The van der Waals surface area contributed by atoms with E-state index in [1.165, 1.54) is 12.8 Å². The van der Waals surface area contributed by atoms with Gasteiger partial charge in [-0.05, 0) is 70.3 Å². The van der Waals surface area contributed by atoms with Gasteiger partial charge in [0.15, 0.2) is 5.82 Å². The number of hydrogen-bond acceptors (Lipinski definition) is 4. The molecular weight excluding hydrogens is 338 g/mol. The number of pyridine rings is 1. The summed E-state index contributed by atoms with van der Waals surface area (Å²) in [5.41, 5.74) is 2.11. The molecule has 25 heavy (non-hydrogen) atoms. The summed E-state index contributed by atoms with van der Waals surface area (Å²) in [5.74, 6) is 0.979. The van der Waals surface area contributed by atoms with Crippen molar-refractivity contribution in [2.45, 2.75) is 33.1 Å². The van der Waals surface area contributed by atoms with Crippen LogP contribution >= 0.6 is 11.6 Å². The van der Waals surface area contributed by atoms with E-state index in [9.17, 15) is 4.79 Å². The van der Waals surface area contributed by atoms with Crippen LogP contribution in [0.25, 0.3) is 5.82 Å². The lowest BCUT2D eigenvalue weighted by Gasteiger charge is -2.22. The molecule has 0 saturated carbocycles. The number of aryl methyl sites for hydroxylation is 2. The average Bonchev–Trinajstić information content (AvgIpc) is 2.94. The molecule has 1 amide bonds. The summed E-state index contributed by atoms with van der Waals surface area (Å²) in [7, 11) is 0. The summed E-state index contributed by atoms with van der Waals surface area (Å²) in [4.78, 5) is 16.9. The number of rotatable bonds is 5. The molecule has 0 bridgehead atoms. The van der Waals surface area contributed by atoms with Crippen LogP contribution in [0.2, 0.25) is 5.02 Å². The highest BCUT2D eigenvalue weighted by atomic mass is 35.5. The predicted molar refractivity (Wildman–Crippen MR) is 98.4 cm³/mol. The van der Waals surface area contributed by atoms with Crippen LogP contribution in [-0.4, -0.2) is 40.3 Å². The Hall–Kier alpha value is -1.92. The van der Waals surface area contributed by atoms with Crippen LogP contribution in [0, 0.1) is 19.8 Å². The Morgan fingerprint density at radius 1 is 1.44 bits per heavy atom. The maximum absolute atomic E-state index is 12.5. The second kappa shape index (κ2) is 7.97. The van der Waals surface area contributed by atoms with Crippen molar-refractivity contribution in [3.05, 3.63) is 40.3 Å². The minimum atomic E-state index is -0.239. The molecule has 0 aliphatic carbocycles. The van der Waals surface area contributed by atoms with Crippen molar-refractivity contribution in [1.29, 1.82) is 0 Å². The van der Waals surface area contributed by atoms with Gasteiger partial charge in [-0.25, -0.2) is 9.67 Å². The highest BCUT2D eigenvalue weighted by Gasteiger charge is 2.17. The van der Waals surface area contributed by atoms with Gasteiger partial charge in [-0.1, -0.05) is 11.6 Å². The minimum Gasteiger partial charge on any atom is -0.351 e. The van der Waals surface area contributed by atoms with Crippen LogP contribution in [0.15, 0.2) is 18.2 Å². The summed E-state index contributed by atoms with van der Waals surface area (Å²) in [5, 5.41) is 11.1. The first-order valence-electron chi connectivity index (χ1n) is 8.73. The molecule has 134 valence electrons. The number of piperidine rings is 1. The normalized spacial score (nSPS) is 17.5. The average molecular weight is 362 g/mol. The van der Waals surface area contributed by atoms with Gasteiger partial charge in [-0.15, -0.1) is 0 Å². The number of nitrogens with one attached hydrogen (secondary N) is 2. The second-order valence-corrected chi connectivity index (χ2v) is 7.00. The number of nitrogens with zero attached hydrogens (tertiary/aromatic N) is 3. The smallest absolute Gasteiger partial charge is 0.271 e. The summed E-state index contributed by atoms with van der Waals surface area (Å²) >= 11 is 6.19. The predicted octanol–water partition coefficient (Wildman–Crippen LogP) is 2.66. The van der Waals surface area contributed by atoms with Gasteiger partial charge in [0.05, 0.1) is 10.7 Å². The van der Waals surface area contributed by atoms with Gasteiger partial charge in [0.1, 0.15) is 5.69 Å². The molecule has 3 heterocycles. The maximum Gasteiger partial charge on any atom is 0.271 e. The monoisotopic (exact) mass is 361 g/mol. The van der Waals surface area contributed by atoms with Crippen molar-refractivity contribution >= 4 is 17.5 Å². The van der Waals surface area contributed by atoms with E-state index in [0.29, 0.717) is 23.3 Å². The van der Waals surface area contributed by atoms with E-state index >= 15 is 0 Å². The van der Waals surface area contributed by atoms with Gasteiger partial charge in [0, 0.05) is 12.2 Å². The van der Waals surface area contributed by atoms with Crippen molar-refractivity contribution in [1.82, 2.24) is 25.4 Å². The van der Waals surface area contributed by atoms with E-state index < -0.39 is 0 Å². The molecule has 2 aromatic rings. The van der Waals surface area contributed by atoms with E-state index in [2.05, 4.69) is 20.7 Å². The Balaban J connectivity index is 1.67. The fourth-order valence-electron chi connectivity index (χ4n) is 3.21. The lowest BCUT2D eigenvalue weighted by molar-refractivity contribution is 0.0945. The Morgan fingerprint density at radius 3 is 2.96 bits per heavy atom. The lowest BCUT2D eigenvalue weighted by Crippen LogP contribution is -2.33. The third kappa shape index (κ3) is 4.38. The fraction of sp³-hybridized carbons (Fsp3) is 0.500. The number of amides is 1. The highest BCUT2D eigenvalue weighted by Crippen LogP contribution is 2.18. The zero-order valence-corrected chi connectivity index (χ0v) is 15.4. The third-order valence-corrected chi connectivity index (χ3v) is 4.82. The standard InChI is InChI=1S/C18H24ClN5O/c1-12-10-13(2)24(23-12)16-6-5-15(19)17(22-16)18(25)21-9-7-14-4-3-8-20-11-14/h5-6,10,14,20H,3-4,7-9,11H2,1-2H3,(H,21,25). The molecule has 7 heteroatoms. The topological polar surface area (TPSA) is 71.8 Å². The molecular formula is C18H24ClN5O. The van der Waals surface area contributed by atoms with Crippen LogP contribution in [0.3, 0.4) is 0 Å². The van der Waals surface area contributed by atoms with E-state index in [1.54, 1.807) is 16.8 Å². The Bertz CT molecular complexity index is 752. The molecule has 3 rings (SSSR count). The van der Waals surface area contributed by atoms with Crippen LogP contribution in [0.4, 0.5) is 0 Å². The molecule has 1 saturated heterocycles. The number of halogens is 1. The second-order valence-electron chi connectivity index (χ2n) is 6.60. The quantitative estimate of drug-likeness (QED) is 0.858. The van der Waals surface area contributed by atoms with Gasteiger partial charge in [0.25, 0.3) is 5.91 Å². The third-order valence-electron chi connectivity index (χ3n) is 4.51. The minimum absolute atomic E-state index is 0.239. The largest absolute Gasteiger partial charge is 0.351 e. The first kappa shape index (κ1) is 17.9. The van der Waals surface area contributed by atoms with E-state index in [0.717, 1.165) is 30.9 Å². The molecule has 1 unspecified atom stereocenters. The summed E-state index contributed by atoms with van der Waals surface area (Å²) in [6.45, 7) is 6.64. The highest BCUT2D eigenvalue weighted by molar-refractivity contribution is 6.33. The Morgan fingerprint density at radius 2 is 2.28 bits per heavy atom. The zero-order chi connectivity index (χ0) is 17.8. The maximum atomic E-state index is 12.5. The van der Waals surface area contributed by atoms with Crippen LogP contribution in [0.1, 0.15) is 41.1 Å². The van der Waals surface area contributed by atoms with Gasteiger partial charge in [-0.2, -0.15) is 5.10 Å². The molecule has 6 nitrogen and oxygen atoms in total. The molecule has 0 aromatic carbocycles. The van der Waals surface area contributed by atoms with Crippen LogP contribution in [-0.2, 0) is 0 Å². The van der Waals surface area contributed by atoms with E-state index in [-0.39, 0.29) is 11.6 Å². The van der Waals surface area contributed by atoms with Crippen LogP contribution < -0.4 is 10.6 Å². The summed E-state index contributed by atoms with van der Waals surface area (Å²) in [6.07, 6.45) is 3.39. The van der Waals surface area contributed by atoms with Gasteiger partial charge in [-0.3, -0.25) is 4.79 Å². The number of carbonyl (C=O) groups excluding carboxylic acids is 1. The van der Waals surface area contributed by atoms with Crippen molar-refractivity contribution in [2.24, 2.45) is 5.92 Å². The lowest BCUT2D eigenvalue weighted by atomic mass is 9.96. The Kier molecular flexibility index (Phi) is 5.71. The van der Waals surface area contributed by atoms with Crippen molar-refractivity contribution < 1.29 is 4.79 Å². The zero-order valence-electron chi connectivity index (χ0n) is 14.7. The summed E-state index contributed by atoms with van der Waals surface area (Å²) < 4.78 is 1.72. The van der Waals surface area contributed by atoms with Gasteiger partial charge < -0.3 is 10.6 Å². The molecule has 2 N–H and O–H groups in total. The molecule has 1 aliphatic rings. The molecule has 2 aromatic heterocycles. The molecule has 0 spiro atoms. The first-order chi connectivity index (χ1) is 12.0. The van der Waals surface area contributed by atoms with E-state index in [4.69, 9.17) is 11.6 Å². The SMILES string of the molecule is Cc1cc(C)n(-c2ccc(Cl)c(C(=O)NCCC3CCCNC3)n2)n1. The Labute approximate surface area is 153 Å². The van der Waals surface area contributed by atoms with E-state index in [1.807, 2.05) is 19.9 Å². The first-order valence-corrected chi connectivity index (χ1v) is 9.11. The van der Waals surface area contributed by atoms with Crippen molar-refractivity contribution in [2.75, 3.05) is 19.6 Å². The van der Waals surface area contributed by atoms with Gasteiger partial charge >= 0.3 is 0 Å². The van der Waals surface area contributed by atoms with Gasteiger partial charge in [0.2, 0.25) is 0 Å². The summed E-state index contributed by atoms with van der Waals surface area (Å²) in [6, 6.07) is 5.43. The molecule has 1 atom stereocenters. The van der Waals surface area contributed by atoms with Crippen molar-refractivity contribution in [3.63, 3.8) is 0 Å². The number of carbonyl (C=O) groups is 1. The molecule has 1 aliphatic heterocycles. The fourth-order valence-corrected chi connectivity index (χ4v) is 3.40. The van der Waals surface area contributed by atoms with Crippen molar-refractivity contribution in [3.8, 4) is 5.82 Å².